The second kappa shape index (κ2) is 6.61. The van der Waals surface area contributed by atoms with Crippen LogP contribution in [0, 0.1) is 5.41 Å². The van der Waals surface area contributed by atoms with Crippen LogP contribution >= 0.6 is 15.9 Å². The van der Waals surface area contributed by atoms with Gasteiger partial charge in [0.05, 0.1) is 0 Å². The average molecular weight is 340 g/mol. The predicted molar refractivity (Wildman–Crippen MR) is 84.5 cm³/mol. The molecule has 0 aliphatic carbocycles. The van der Waals surface area contributed by atoms with Crippen LogP contribution in [0.4, 0.5) is 0 Å². The van der Waals surface area contributed by atoms with Crippen molar-refractivity contribution >= 4 is 21.8 Å². The van der Waals surface area contributed by atoms with Crippen LogP contribution in [0.3, 0.4) is 0 Å². The van der Waals surface area contributed by atoms with Gasteiger partial charge in [-0.1, -0.05) is 48.0 Å². The Balaban J connectivity index is 2.00. The number of ether oxygens (including phenoxy) is 1. The number of hydrogen-bond acceptors (Lipinski definition) is 2. The first-order valence-corrected chi connectivity index (χ1v) is 8.33. The van der Waals surface area contributed by atoms with Crippen LogP contribution in [0.15, 0.2) is 24.3 Å². The number of hydrogen-bond donors (Lipinski definition) is 1. The first kappa shape index (κ1) is 15.4. The summed E-state index contributed by atoms with van der Waals surface area (Å²) < 4.78 is 5.57. The van der Waals surface area contributed by atoms with Crippen LogP contribution < -0.4 is 10.1 Å². The van der Waals surface area contributed by atoms with Crippen molar-refractivity contribution in [2.45, 2.75) is 32.6 Å². The Morgan fingerprint density at radius 3 is 2.75 bits per heavy atom. The molecule has 0 aromatic heterocycles. The third kappa shape index (κ3) is 3.00. The minimum Gasteiger partial charge on any atom is -0.492 e. The molecule has 4 heteroatoms. The van der Waals surface area contributed by atoms with Gasteiger partial charge in [0, 0.05) is 17.4 Å². The van der Waals surface area contributed by atoms with Crippen LogP contribution in [0.1, 0.15) is 38.2 Å². The zero-order chi connectivity index (χ0) is 14.6. The lowest BCUT2D eigenvalue weighted by atomic mass is 9.84. The number of rotatable bonds is 6. The molecule has 1 aromatic rings. The Bertz CT molecular complexity index is 463. The molecule has 1 heterocycles. The average Bonchev–Trinajstić information content (AvgIpc) is 2.93. The van der Waals surface area contributed by atoms with Crippen molar-refractivity contribution in [3.05, 3.63) is 29.8 Å². The molecule has 1 N–H and O–H groups in total. The highest BCUT2D eigenvalue weighted by Gasteiger charge is 2.32. The SMILES string of the molecule is CCC(CC)(CBr)CNC(=O)C1COc2ccccc21. The maximum absolute atomic E-state index is 12.4. The molecule has 0 spiro atoms. The van der Waals surface area contributed by atoms with Crippen LogP contribution in [0.25, 0.3) is 0 Å². The molecular weight excluding hydrogens is 318 g/mol. The van der Waals surface area contributed by atoms with E-state index >= 15 is 0 Å². The fraction of sp³-hybridized carbons (Fsp3) is 0.562. The molecule has 1 aromatic carbocycles. The second-order valence-corrected chi connectivity index (χ2v) is 6.02. The zero-order valence-electron chi connectivity index (χ0n) is 12.1. The van der Waals surface area contributed by atoms with Gasteiger partial charge in [-0.15, -0.1) is 0 Å². The Morgan fingerprint density at radius 2 is 2.10 bits per heavy atom. The van der Waals surface area contributed by atoms with Crippen molar-refractivity contribution < 1.29 is 9.53 Å². The minimum atomic E-state index is -0.173. The summed E-state index contributed by atoms with van der Waals surface area (Å²) in [5, 5.41) is 4.02. The minimum absolute atomic E-state index is 0.0715. The molecular formula is C16H22BrNO2. The molecule has 1 amide bonds. The van der Waals surface area contributed by atoms with E-state index in [0.717, 1.165) is 29.5 Å². The number of carbonyl (C=O) groups excluding carboxylic acids is 1. The van der Waals surface area contributed by atoms with Crippen LogP contribution in [0.5, 0.6) is 5.75 Å². The molecule has 1 unspecified atom stereocenters. The van der Waals surface area contributed by atoms with Crippen molar-refractivity contribution in [1.82, 2.24) is 5.32 Å². The monoisotopic (exact) mass is 339 g/mol. The zero-order valence-corrected chi connectivity index (χ0v) is 13.7. The molecule has 0 fully saturated rings. The largest absolute Gasteiger partial charge is 0.492 e. The van der Waals surface area contributed by atoms with E-state index in [1.165, 1.54) is 0 Å². The maximum Gasteiger partial charge on any atom is 0.231 e. The summed E-state index contributed by atoms with van der Waals surface area (Å²) >= 11 is 3.58. The quantitative estimate of drug-likeness (QED) is 0.805. The van der Waals surface area contributed by atoms with Crippen molar-refractivity contribution in [3.63, 3.8) is 0 Å². The van der Waals surface area contributed by atoms with Gasteiger partial charge in [0.2, 0.25) is 5.91 Å². The molecule has 1 atom stereocenters. The summed E-state index contributed by atoms with van der Waals surface area (Å²) in [5.41, 5.74) is 1.15. The lowest BCUT2D eigenvalue weighted by Crippen LogP contribution is -2.40. The molecule has 0 saturated heterocycles. The molecule has 2 rings (SSSR count). The Morgan fingerprint density at radius 1 is 1.40 bits per heavy atom. The Hall–Kier alpha value is -1.03. The number of fused-ring (bicyclic) bond motifs is 1. The van der Waals surface area contributed by atoms with Gasteiger partial charge in [-0.2, -0.15) is 0 Å². The molecule has 110 valence electrons. The van der Waals surface area contributed by atoms with Crippen molar-refractivity contribution in [2.24, 2.45) is 5.41 Å². The van der Waals surface area contributed by atoms with Gasteiger partial charge < -0.3 is 10.1 Å². The number of nitrogens with one attached hydrogen (secondary N) is 1. The van der Waals surface area contributed by atoms with Crippen LogP contribution in [-0.2, 0) is 4.79 Å². The molecule has 0 bridgehead atoms. The fourth-order valence-corrected chi connectivity index (χ4v) is 3.50. The maximum atomic E-state index is 12.4. The number of amides is 1. The molecule has 0 radical (unpaired) electrons. The predicted octanol–water partition coefficient (Wildman–Crippen LogP) is 3.48. The highest BCUT2D eigenvalue weighted by Crippen LogP contribution is 2.34. The topological polar surface area (TPSA) is 38.3 Å². The van der Waals surface area contributed by atoms with E-state index in [0.29, 0.717) is 13.2 Å². The summed E-state index contributed by atoms with van der Waals surface area (Å²) in [4.78, 5) is 12.4. The summed E-state index contributed by atoms with van der Waals surface area (Å²) in [5.74, 6) is 0.737. The van der Waals surface area contributed by atoms with Gasteiger partial charge in [0.1, 0.15) is 18.3 Å². The van der Waals surface area contributed by atoms with E-state index in [1.807, 2.05) is 24.3 Å². The highest BCUT2D eigenvalue weighted by atomic mass is 79.9. The van der Waals surface area contributed by atoms with E-state index in [4.69, 9.17) is 4.74 Å². The van der Waals surface area contributed by atoms with Gasteiger partial charge in [0.15, 0.2) is 0 Å². The summed E-state index contributed by atoms with van der Waals surface area (Å²) in [6, 6.07) is 7.78. The van der Waals surface area contributed by atoms with E-state index in [9.17, 15) is 4.79 Å². The normalized spacial score (nSPS) is 17.4. The summed E-state index contributed by atoms with van der Waals surface area (Å²) in [6.45, 7) is 5.50. The molecule has 1 aliphatic heterocycles. The van der Waals surface area contributed by atoms with Gasteiger partial charge in [-0.05, 0) is 24.3 Å². The number of benzene rings is 1. The number of para-hydroxylation sites is 1. The van der Waals surface area contributed by atoms with Crippen molar-refractivity contribution in [2.75, 3.05) is 18.5 Å². The van der Waals surface area contributed by atoms with Gasteiger partial charge >= 0.3 is 0 Å². The molecule has 0 saturated carbocycles. The smallest absolute Gasteiger partial charge is 0.231 e. The van der Waals surface area contributed by atoms with Gasteiger partial charge in [-0.25, -0.2) is 0 Å². The fourth-order valence-electron chi connectivity index (χ4n) is 2.51. The Kier molecular flexibility index (Phi) is 5.08. The van der Waals surface area contributed by atoms with E-state index in [1.54, 1.807) is 0 Å². The van der Waals surface area contributed by atoms with Gasteiger partial charge in [-0.3, -0.25) is 4.79 Å². The number of halogens is 1. The van der Waals surface area contributed by atoms with Crippen LogP contribution in [-0.4, -0.2) is 24.4 Å². The highest BCUT2D eigenvalue weighted by molar-refractivity contribution is 9.09. The van der Waals surface area contributed by atoms with Crippen molar-refractivity contribution in [1.29, 1.82) is 0 Å². The summed E-state index contributed by atoms with van der Waals surface area (Å²) in [7, 11) is 0. The molecule has 1 aliphatic rings. The van der Waals surface area contributed by atoms with E-state index in [-0.39, 0.29) is 17.2 Å². The third-order valence-electron chi connectivity index (χ3n) is 4.44. The number of alkyl halides is 1. The lowest BCUT2D eigenvalue weighted by molar-refractivity contribution is -0.123. The molecule has 20 heavy (non-hydrogen) atoms. The third-order valence-corrected chi connectivity index (χ3v) is 5.63. The van der Waals surface area contributed by atoms with E-state index < -0.39 is 0 Å². The summed E-state index contributed by atoms with van der Waals surface area (Å²) in [6.07, 6.45) is 2.10. The second-order valence-electron chi connectivity index (χ2n) is 5.46. The first-order valence-electron chi connectivity index (χ1n) is 7.21. The van der Waals surface area contributed by atoms with Crippen LogP contribution in [0.2, 0.25) is 0 Å². The Labute approximate surface area is 129 Å². The molecule has 3 nitrogen and oxygen atoms in total. The van der Waals surface area contributed by atoms with Gasteiger partial charge in [0.25, 0.3) is 0 Å². The van der Waals surface area contributed by atoms with E-state index in [2.05, 4.69) is 35.1 Å². The number of carbonyl (C=O) groups is 1. The first-order chi connectivity index (χ1) is 9.65. The standard InChI is InChI=1S/C16H22BrNO2/c1-3-16(4-2,10-17)11-18-15(19)13-9-20-14-8-6-5-7-12(13)14/h5-8,13H,3-4,9-11H2,1-2H3,(H,18,19). The lowest BCUT2D eigenvalue weighted by Gasteiger charge is -2.30. The van der Waals surface area contributed by atoms with Crippen molar-refractivity contribution in [3.8, 4) is 5.75 Å².